The fraction of sp³-hybridized carbons (Fsp3) is 0.375. The summed E-state index contributed by atoms with van der Waals surface area (Å²) in [5, 5.41) is 3.80. The number of aryl methyl sites for hydroxylation is 1. The molecule has 0 aliphatic rings. The van der Waals surface area contributed by atoms with Crippen molar-refractivity contribution in [3.05, 3.63) is 35.0 Å². The quantitative estimate of drug-likeness (QED) is 0.869. The summed E-state index contributed by atoms with van der Waals surface area (Å²) in [4.78, 5) is 9.17. The molecule has 0 saturated carbocycles. The average Bonchev–Trinajstić information content (AvgIpc) is 2.47. The molecule has 0 aliphatic carbocycles. The fourth-order valence-corrected chi connectivity index (χ4v) is 2.35. The van der Waals surface area contributed by atoms with Crippen molar-refractivity contribution in [3.63, 3.8) is 0 Å². The van der Waals surface area contributed by atoms with Gasteiger partial charge in [0.05, 0.1) is 12.1 Å². The Balaban J connectivity index is 2.43. The number of hydrogen-bond donors (Lipinski definition) is 1. The lowest BCUT2D eigenvalue weighted by molar-refractivity contribution is 0.415. The van der Waals surface area contributed by atoms with Gasteiger partial charge < -0.3 is 10.1 Å². The number of benzene rings is 1. The maximum atomic E-state index is 6.19. The lowest BCUT2D eigenvalue weighted by Gasteiger charge is -2.10. The summed E-state index contributed by atoms with van der Waals surface area (Å²) < 4.78 is 5.18. The Kier molecular flexibility index (Phi) is 5.39. The minimum atomic E-state index is 0.560. The molecule has 4 nitrogen and oxygen atoms in total. The summed E-state index contributed by atoms with van der Waals surface area (Å²) in [6.45, 7) is 5.01. The molecule has 0 unspecified atom stereocenters. The van der Waals surface area contributed by atoms with Crippen molar-refractivity contribution in [1.29, 1.82) is 0 Å². The number of anilines is 1. The van der Waals surface area contributed by atoms with E-state index in [1.807, 2.05) is 31.2 Å². The van der Waals surface area contributed by atoms with Gasteiger partial charge in [-0.05, 0) is 31.5 Å². The van der Waals surface area contributed by atoms with Crippen LogP contribution in [0.2, 0.25) is 5.02 Å². The maximum Gasteiger partial charge on any atom is 0.161 e. The minimum absolute atomic E-state index is 0.560. The van der Waals surface area contributed by atoms with E-state index in [-0.39, 0.29) is 0 Å². The molecule has 1 aromatic carbocycles. The Morgan fingerprint density at radius 2 is 2.00 bits per heavy atom. The van der Waals surface area contributed by atoms with Gasteiger partial charge in [-0.15, -0.1) is 0 Å². The number of nitrogens with one attached hydrogen (secondary N) is 1. The molecule has 1 aromatic heterocycles. The van der Waals surface area contributed by atoms with Gasteiger partial charge in [0.25, 0.3) is 0 Å². The van der Waals surface area contributed by atoms with E-state index in [0.717, 1.165) is 36.5 Å². The molecule has 0 saturated heterocycles. The molecular weight excluding hydrogens is 286 g/mol. The van der Waals surface area contributed by atoms with Crippen LogP contribution in [0.4, 0.5) is 5.82 Å². The molecule has 2 aromatic rings. The van der Waals surface area contributed by atoms with E-state index in [0.29, 0.717) is 16.6 Å². The molecule has 0 fully saturated rings. The lowest BCUT2D eigenvalue weighted by atomic mass is 10.2. The standard InChI is InChI=1S/C16H20ClN3O/c1-4-6-12-10-15(18-5-2)20-16(19-12)11-7-8-14(21-3)13(17)9-11/h7-10H,4-6H2,1-3H3,(H,18,19,20). The summed E-state index contributed by atoms with van der Waals surface area (Å²) in [7, 11) is 1.60. The molecule has 0 amide bonds. The van der Waals surface area contributed by atoms with Crippen LogP contribution in [-0.4, -0.2) is 23.6 Å². The van der Waals surface area contributed by atoms with Gasteiger partial charge in [0, 0.05) is 23.9 Å². The van der Waals surface area contributed by atoms with Crippen molar-refractivity contribution in [1.82, 2.24) is 9.97 Å². The second kappa shape index (κ2) is 7.27. The van der Waals surface area contributed by atoms with Crippen LogP contribution in [0, 0.1) is 0 Å². The van der Waals surface area contributed by atoms with Gasteiger partial charge in [0.15, 0.2) is 5.82 Å². The number of ether oxygens (including phenoxy) is 1. The molecule has 0 aliphatic heterocycles. The van der Waals surface area contributed by atoms with E-state index in [4.69, 9.17) is 16.3 Å². The molecule has 0 spiro atoms. The molecular formula is C16H20ClN3O. The zero-order chi connectivity index (χ0) is 15.2. The first kappa shape index (κ1) is 15.6. The SMILES string of the molecule is CCCc1cc(NCC)nc(-c2ccc(OC)c(Cl)c2)n1. The second-order valence-corrected chi connectivity index (χ2v) is 5.10. The zero-order valence-electron chi connectivity index (χ0n) is 12.6. The summed E-state index contributed by atoms with van der Waals surface area (Å²) >= 11 is 6.19. The van der Waals surface area contributed by atoms with Crippen LogP contribution in [0.25, 0.3) is 11.4 Å². The van der Waals surface area contributed by atoms with Gasteiger partial charge in [-0.25, -0.2) is 9.97 Å². The van der Waals surface area contributed by atoms with E-state index >= 15 is 0 Å². The average molecular weight is 306 g/mol. The molecule has 0 radical (unpaired) electrons. The largest absolute Gasteiger partial charge is 0.495 e. The second-order valence-electron chi connectivity index (χ2n) is 4.70. The van der Waals surface area contributed by atoms with Crippen LogP contribution in [-0.2, 0) is 6.42 Å². The molecule has 1 N–H and O–H groups in total. The number of methoxy groups -OCH3 is 1. The third-order valence-electron chi connectivity index (χ3n) is 3.05. The minimum Gasteiger partial charge on any atom is -0.495 e. The van der Waals surface area contributed by atoms with Crippen LogP contribution in [0.3, 0.4) is 0 Å². The third kappa shape index (κ3) is 3.85. The van der Waals surface area contributed by atoms with Crippen LogP contribution in [0.5, 0.6) is 5.75 Å². The Bertz CT molecular complexity index is 592. The summed E-state index contributed by atoms with van der Waals surface area (Å²) in [5.74, 6) is 2.18. The van der Waals surface area contributed by atoms with E-state index in [1.165, 1.54) is 0 Å². The molecule has 112 valence electrons. The van der Waals surface area contributed by atoms with Gasteiger partial charge in [0.1, 0.15) is 11.6 Å². The van der Waals surface area contributed by atoms with Gasteiger partial charge in [-0.2, -0.15) is 0 Å². The predicted octanol–water partition coefficient (Wildman–Crippen LogP) is 4.19. The van der Waals surface area contributed by atoms with Crippen LogP contribution >= 0.6 is 11.6 Å². The van der Waals surface area contributed by atoms with E-state index in [1.54, 1.807) is 7.11 Å². The van der Waals surface area contributed by atoms with E-state index in [2.05, 4.69) is 22.2 Å². The molecule has 21 heavy (non-hydrogen) atoms. The monoisotopic (exact) mass is 305 g/mol. The number of halogens is 1. The summed E-state index contributed by atoms with van der Waals surface area (Å²) in [6, 6.07) is 7.59. The van der Waals surface area contributed by atoms with Gasteiger partial charge >= 0.3 is 0 Å². The fourth-order valence-electron chi connectivity index (χ4n) is 2.09. The van der Waals surface area contributed by atoms with Crippen molar-refractivity contribution in [3.8, 4) is 17.1 Å². The van der Waals surface area contributed by atoms with Crippen LogP contribution in [0.15, 0.2) is 24.3 Å². The Hall–Kier alpha value is -1.81. The maximum absolute atomic E-state index is 6.19. The van der Waals surface area contributed by atoms with Crippen molar-refractivity contribution in [2.75, 3.05) is 19.0 Å². The van der Waals surface area contributed by atoms with Crippen molar-refractivity contribution < 1.29 is 4.74 Å². The first-order chi connectivity index (χ1) is 10.2. The number of hydrogen-bond acceptors (Lipinski definition) is 4. The Morgan fingerprint density at radius 3 is 2.62 bits per heavy atom. The molecule has 2 rings (SSSR count). The normalized spacial score (nSPS) is 10.5. The number of nitrogens with zero attached hydrogens (tertiary/aromatic N) is 2. The topological polar surface area (TPSA) is 47.0 Å². The Labute approximate surface area is 130 Å². The smallest absolute Gasteiger partial charge is 0.161 e. The van der Waals surface area contributed by atoms with Crippen LogP contribution in [0.1, 0.15) is 26.0 Å². The van der Waals surface area contributed by atoms with Crippen molar-refractivity contribution in [2.24, 2.45) is 0 Å². The highest BCUT2D eigenvalue weighted by atomic mass is 35.5. The van der Waals surface area contributed by atoms with E-state index < -0.39 is 0 Å². The Morgan fingerprint density at radius 1 is 1.19 bits per heavy atom. The third-order valence-corrected chi connectivity index (χ3v) is 3.35. The van der Waals surface area contributed by atoms with Crippen molar-refractivity contribution >= 4 is 17.4 Å². The van der Waals surface area contributed by atoms with Gasteiger partial charge in [0.2, 0.25) is 0 Å². The lowest BCUT2D eigenvalue weighted by Crippen LogP contribution is -2.04. The number of aromatic nitrogens is 2. The summed E-state index contributed by atoms with van der Waals surface area (Å²) in [5.41, 5.74) is 1.92. The highest BCUT2D eigenvalue weighted by Crippen LogP contribution is 2.29. The van der Waals surface area contributed by atoms with Crippen molar-refractivity contribution in [2.45, 2.75) is 26.7 Å². The molecule has 0 atom stereocenters. The highest BCUT2D eigenvalue weighted by Gasteiger charge is 2.09. The molecule has 5 heteroatoms. The highest BCUT2D eigenvalue weighted by molar-refractivity contribution is 6.32. The zero-order valence-corrected chi connectivity index (χ0v) is 13.4. The number of rotatable bonds is 6. The van der Waals surface area contributed by atoms with E-state index in [9.17, 15) is 0 Å². The first-order valence-electron chi connectivity index (χ1n) is 7.13. The summed E-state index contributed by atoms with van der Waals surface area (Å²) in [6.07, 6.45) is 1.98. The molecule has 0 bridgehead atoms. The van der Waals surface area contributed by atoms with Gasteiger partial charge in [-0.3, -0.25) is 0 Å². The first-order valence-corrected chi connectivity index (χ1v) is 7.51. The van der Waals surface area contributed by atoms with Crippen LogP contribution < -0.4 is 10.1 Å². The predicted molar refractivity (Wildman–Crippen MR) is 87.2 cm³/mol. The molecule has 1 heterocycles. The van der Waals surface area contributed by atoms with Gasteiger partial charge in [-0.1, -0.05) is 24.9 Å².